The number of hydrogen-bond donors (Lipinski definition) is 2. The van der Waals surface area contributed by atoms with Crippen LogP contribution in [0.1, 0.15) is 34.3 Å². The van der Waals surface area contributed by atoms with E-state index in [-0.39, 0.29) is 5.91 Å². The smallest absolute Gasteiger partial charge is 0.267 e. The van der Waals surface area contributed by atoms with Crippen LogP contribution >= 0.6 is 27.3 Å². The van der Waals surface area contributed by atoms with Gasteiger partial charge in [-0.2, -0.15) is 0 Å². The molecule has 0 aliphatic rings. The number of carbonyl (C=O) groups excluding carboxylic acids is 1. The van der Waals surface area contributed by atoms with E-state index >= 15 is 0 Å². The van der Waals surface area contributed by atoms with Gasteiger partial charge in [0.15, 0.2) is 0 Å². The molecular weight excluding hydrogens is 386 g/mol. The van der Waals surface area contributed by atoms with Gasteiger partial charge in [0.1, 0.15) is 9.71 Å². The van der Waals surface area contributed by atoms with Gasteiger partial charge in [-0.15, -0.1) is 11.3 Å². The maximum atomic E-state index is 12.6. The zero-order valence-corrected chi connectivity index (χ0v) is 15.9. The number of aryl methyl sites for hydroxylation is 2. The van der Waals surface area contributed by atoms with Gasteiger partial charge in [-0.05, 0) is 59.1 Å². The van der Waals surface area contributed by atoms with E-state index < -0.39 is 0 Å². The van der Waals surface area contributed by atoms with Crippen LogP contribution in [0.15, 0.2) is 34.8 Å². The first-order valence-corrected chi connectivity index (χ1v) is 9.36. The van der Waals surface area contributed by atoms with Gasteiger partial charge in [0.25, 0.3) is 5.91 Å². The van der Waals surface area contributed by atoms with Gasteiger partial charge in [0.2, 0.25) is 0 Å². The normalized spacial score (nSPS) is 11.0. The fourth-order valence-electron chi connectivity index (χ4n) is 2.50. The highest BCUT2D eigenvalue weighted by Crippen LogP contribution is 2.34. The lowest BCUT2D eigenvalue weighted by Crippen LogP contribution is -2.12. The van der Waals surface area contributed by atoms with Gasteiger partial charge in [-0.3, -0.25) is 4.79 Å². The molecule has 0 aliphatic heterocycles. The monoisotopic (exact) mass is 403 g/mol. The molecule has 0 atom stereocenters. The first-order valence-electron chi connectivity index (χ1n) is 7.75. The van der Waals surface area contributed by atoms with Gasteiger partial charge >= 0.3 is 0 Å². The van der Waals surface area contributed by atoms with Gasteiger partial charge in [0, 0.05) is 15.6 Å². The van der Waals surface area contributed by atoms with E-state index in [0.717, 1.165) is 44.5 Å². The zero-order chi connectivity index (χ0) is 17.3. The Bertz CT molecular complexity index is 920. The number of nitrogens with one attached hydrogen (secondary N) is 1. The Hall–Kier alpha value is -1.92. The molecule has 0 fully saturated rings. The van der Waals surface area contributed by atoms with Crippen LogP contribution in [0, 0.1) is 6.92 Å². The van der Waals surface area contributed by atoms with Crippen LogP contribution in [0.25, 0.3) is 10.2 Å². The van der Waals surface area contributed by atoms with E-state index in [1.54, 1.807) is 0 Å². The third-order valence-corrected chi connectivity index (χ3v) is 5.51. The average Bonchev–Trinajstić information content (AvgIpc) is 2.87. The van der Waals surface area contributed by atoms with Crippen molar-refractivity contribution < 1.29 is 4.79 Å². The molecule has 3 rings (SSSR count). The molecule has 1 aromatic carbocycles. The Morgan fingerprint density at radius 1 is 1.33 bits per heavy atom. The molecule has 0 aliphatic carbocycles. The van der Waals surface area contributed by atoms with Crippen molar-refractivity contribution in [2.75, 3.05) is 11.1 Å². The van der Waals surface area contributed by atoms with Gasteiger partial charge < -0.3 is 11.1 Å². The van der Waals surface area contributed by atoms with Crippen molar-refractivity contribution in [3.63, 3.8) is 0 Å². The number of thiophene rings is 1. The van der Waals surface area contributed by atoms with Crippen LogP contribution in [0.2, 0.25) is 0 Å². The number of aromatic nitrogens is 1. The summed E-state index contributed by atoms with van der Waals surface area (Å²) in [6.45, 7) is 4.12. The van der Waals surface area contributed by atoms with Crippen molar-refractivity contribution >= 4 is 54.8 Å². The number of rotatable bonds is 4. The number of hydrogen-bond acceptors (Lipinski definition) is 4. The fraction of sp³-hybridized carbons (Fsp3) is 0.222. The Morgan fingerprint density at radius 3 is 2.83 bits per heavy atom. The van der Waals surface area contributed by atoms with Crippen molar-refractivity contribution in [3.8, 4) is 0 Å². The molecule has 124 valence electrons. The maximum absolute atomic E-state index is 12.6. The minimum atomic E-state index is -0.211. The molecule has 1 amide bonds. The number of amides is 1. The molecule has 4 nitrogen and oxygen atoms in total. The summed E-state index contributed by atoms with van der Waals surface area (Å²) in [5.41, 5.74) is 9.54. The first-order chi connectivity index (χ1) is 11.5. The Morgan fingerprint density at radius 2 is 2.12 bits per heavy atom. The van der Waals surface area contributed by atoms with Crippen LogP contribution in [0.4, 0.5) is 11.4 Å². The molecule has 24 heavy (non-hydrogen) atoms. The molecule has 0 radical (unpaired) electrons. The molecule has 3 aromatic rings. The fourth-order valence-corrected chi connectivity index (χ4v) is 4.10. The predicted octanol–water partition coefficient (Wildman–Crippen LogP) is 5.15. The molecule has 0 bridgehead atoms. The van der Waals surface area contributed by atoms with Crippen LogP contribution in [0.3, 0.4) is 0 Å². The highest BCUT2D eigenvalue weighted by atomic mass is 79.9. The first kappa shape index (κ1) is 16.9. The minimum Gasteiger partial charge on any atom is -0.397 e. The average molecular weight is 404 g/mol. The van der Waals surface area contributed by atoms with Crippen LogP contribution in [0.5, 0.6) is 0 Å². The highest BCUT2D eigenvalue weighted by molar-refractivity contribution is 9.10. The number of nitrogens with zero attached hydrogens (tertiary/aromatic N) is 1. The van der Waals surface area contributed by atoms with Crippen molar-refractivity contribution in [1.82, 2.24) is 4.98 Å². The second-order valence-electron chi connectivity index (χ2n) is 5.69. The largest absolute Gasteiger partial charge is 0.397 e. The Kier molecular flexibility index (Phi) is 4.87. The number of pyridine rings is 1. The molecular formula is C18H18BrN3OS. The zero-order valence-electron chi connectivity index (χ0n) is 13.5. The number of benzene rings is 1. The number of nitrogens with two attached hydrogens (primary N) is 1. The number of carbonyl (C=O) groups is 1. The van der Waals surface area contributed by atoms with Crippen molar-refractivity contribution in [2.24, 2.45) is 0 Å². The second kappa shape index (κ2) is 6.91. The summed E-state index contributed by atoms with van der Waals surface area (Å²) in [6.07, 6.45) is 1.96. The summed E-state index contributed by atoms with van der Waals surface area (Å²) >= 11 is 4.81. The van der Waals surface area contributed by atoms with E-state index in [2.05, 4.69) is 33.2 Å². The standard InChI is InChI=1S/C18H18BrN3OS/c1-3-4-11-6-7-12-15(20)16(24-18(12)21-11)17(23)22-14-8-5-10(2)9-13(14)19/h5-9H,3-4,20H2,1-2H3,(H,22,23). The van der Waals surface area contributed by atoms with Gasteiger partial charge in [-0.25, -0.2) is 4.98 Å². The van der Waals surface area contributed by atoms with E-state index in [9.17, 15) is 4.79 Å². The van der Waals surface area contributed by atoms with Crippen molar-refractivity contribution in [2.45, 2.75) is 26.7 Å². The summed E-state index contributed by atoms with van der Waals surface area (Å²) in [4.78, 5) is 18.5. The SMILES string of the molecule is CCCc1ccc2c(N)c(C(=O)Nc3ccc(C)cc3Br)sc2n1. The number of halogens is 1. The summed E-state index contributed by atoms with van der Waals surface area (Å²) in [5, 5.41) is 3.75. The van der Waals surface area contributed by atoms with E-state index in [4.69, 9.17) is 5.73 Å². The van der Waals surface area contributed by atoms with Gasteiger partial charge in [0.05, 0.1) is 11.4 Å². The second-order valence-corrected chi connectivity index (χ2v) is 7.54. The van der Waals surface area contributed by atoms with Crippen LogP contribution in [-0.4, -0.2) is 10.9 Å². The molecule has 2 aromatic heterocycles. The molecule has 2 heterocycles. The summed E-state index contributed by atoms with van der Waals surface area (Å²) in [7, 11) is 0. The molecule has 6 heteroatoms. The molecule has 0 spiro atoms. The van der Waals surface area contributed by atoms with Gasteiger partial charge in [-0.1, -0.05) is 19.4 Å². The van der Waals surface area contributed by atoms with Crippen LogP contribution < -0.4 is 11.1 Å². The lowest BCUT2D eigenvalue weighted by molar-refractivity contribution is 0.103. The lowest BCUT2D eigenvalue weighted by atomic mass is 10.2. The van der Waals surface area contributed by atoms with E-state index in [1.165, 1.54) is 11.3 Å². The highest BCUT2D eigenvalue weighted by Gasteiger charge is 2.18. The predicted molar refractivity (Wildman–Crippen MR) is 105 cm³/mol. The van der Waals surface area contributed by atoms with Crippen molar-refractivity contribution in [3.05, 3.63) is 50.9 Å². The third kappa shape index (κ3) is 3.30. The molecule has 0 saturated heterocycles. The summed E-state index contributed by atoms with van der Waals surface area (Å²) in [5.74, 6) is -0.211. The summed E-state index contributed by atoms with van der Waals surface area (Å²) < 4.78 is 0.846. The number of nitrogen functional groups attached to an aromatic ring is 1. The number of fused-ring (bicyclic) bond motifs is 1. The molecule has 0 unspecified atom stereocenters. The maximum Gasteiger partial charge on any atom is 0.267 e. The van der Waals surface area contributed by atoms with Crippen LogP contribution in [-0.2, 0) is 6.42 Å². The topological polar surface area (TPSA) is 68.0 Å². The quantitative estimate of drug-likeness (QED) is 0.632. The summed E-state index contributed by atoms with van der Waals surface area (Å²) in [6, 6.07) is 9.72. The van der Waals surface area contributed by atoms with E-state index in [0.29, 0.717) is 10.6 Å². The van der Waals surface area contributed by atoms with E-state index in [1.807, 2.05) is 37.3 Å². The molecule has 0 saturated carbocycles. The molecule has 3 N–H and O–H groups in total. The third-order valence-electron chi connectivity index (χ3n) is 3.74. The Balaban J connectivity index is 1.93. The van der Waals surface area contributed by atoms with Crippen molar-refractivity contribution in [1.29, 1.82) is 0 Å². The minimum absolute atomic E-state index is 0.211. The number of anilines is 2. The Labute approximate surface area is 153 Å². The lowest BCUT2D eigenvalue weighted by Gasteiger charge is -2.07.